The molecule has 0 radical (unpaired) electrons. The average molecular weight is 493 g/mol. The van der Waals surface area contributed by atoms with E-state index in [1.54, 1.807) is 56.7 Å². The summed E-state index contributed by atoms with van der Waals surface area (Å²) < 4.78 is 16.9. The molecule has 3 rings (SSSR count). The molecule has 0 aromatic heterocycles. The van der Waals surface area contributed by atoms with Crippen molar-refractivity contribution in [1.82, 2.24) is 0 Å². The number of para-hydroxylation sites is 1. The van der Waals surface area contributed by atoms with Crippen LogP contribution < -0.4 is 19.5 Å². The lowest BCUT2D eigenvalue weighted by molar-refractivity contribution is -0.118. The summed E-state index contributed by atoms with van der Waals surface area (Å²) in [5, 5.41) is 12.4. The van der Waals surface area contributed by atoms with Gasteiger partial charge < -0.3 is 19.5 Å². The molecular weight excluding hydrogens is 472 g/mol. The van der Waals surface area contributed by atoms with Crippen LogP contribution in [0.5, 0.6) is 17.2 Å². The molecule has 0 spiro atoms. The summed E-state index contributed by atoms with van der Waals surface area (Å²) in [5.74, 6) is 1.40. The zero-order valence-corrected chi connectivity index (χ0v) is 19.2. The predicted octanol–water partition coefficient (Wildman–Crippen LogP) is 5.55. The second kappa shape index (κ2) is 11.0. The van der Waals surface area contributed by atoms with E-state index in [1.807, 2.05) is 30.3 Å². The Morgan fingerprint density at radius 3 is 2.38 bits per heavy atom. The van der Waals surface area contributed by atoms with Gasteiger partial charge in [0.2, 0.25) is 0 Å². The first-order valence-corrected chi connectivity index (χ1v) is 10.4. The van der Waals surface area contributed by atoms with Gasteiger partial charge in [-0.15, -0.1) is 0 Å². The fourth-order valence-electron chi connectivity index (χ4n) is 2.94. The van der Waals surface area contributed by atoms with Crippen LogP contribution in [0.2, 0.25) is 0 Å². The third kappa shape index (κ3) is 5.90. The van der Waals surface area contributed by atoms with Crippen LogP contribution in [-0.2, 0) is 4.79 Å². The lowest BCUT2D eigenvalue weighted by Crippen LogP contribution is -2.20. The van der Waals surface area contributed by atoms with E-state index < -0.39 is 0 Å². The van der Waals surface area contributed by atoms with Crippen molar-refractivity contribution in [3.8, 4) is 23.3 Å². The average Bonchev–Trinajstić information content (AvgIpc) is 2.82. The van der Waals surface area contributed by atoms with E-state index in [0.717, 1.165) is 5.56 Å². The van der Waals surface area contributed by atoms with Gasteiger partial charge in [-0.25, -0.2) is 0 Å². The van der Waals surface area contributed by atoms with E-state index in [-0.39, 0.29) is 12.5 Å². The number of carbonyl (C=O) groups excluding carboxylic acids is 1. The number of halogens is 1. The number of nitrogens with one attached hydrogen (secondary N) is 1. The zero-order valence-electron chi connectivity index (χ0n) is 17.6. The molecule has 0 aliphatic heterocycles. The highest BCUT2D eigenvalue weighted by Crippen LogP contribution is 2.32. The largest absolute Gasteiger partial charge is 0.493 e. The lowest BCUT2D eigenvalue weighted by atomic mass is 10.0. The van der Waals surface area contributed by atoms with Crippen LogP contribution >= 0.6 is 15.9 Å². The minimum Gasteiger partial charge on any atom is -0.493 e. The number of amides is 1. The van der Waals surface area contributed by atoms with Crippen LogP contribution in [0.3, 0.4) is 0 Å². The van der Waals surface area contributed by atoms with E-state index >= 15 is 0 Å². The van der Waals surface area contributed by atoms with Crippen LogP contribution in [0, 0.1) is 11.3 Å². The highest BCUT2D eigenvalue weighted by atomic mass is 79.9. The number of carbonyl (C=O) groups is 1. The Bertz CT molecular complexity index is 1170. The Labute approximate surface area is 195 Å². The Balaban J connectivity index is 1.71. The Kier molecular flexibility index (Phi) is 7.90. The standard InChI is InChI=1S/C25H21BrN2O4/c1-30-23-11-9-18(14-24(23)31-2)19(15-27)12-17-8-10-22(21(26)13-17)32-16-25(29)28-20-6-4-3-5-7-20/h3-14H,16H2,1-2H3,(H,28,29)/b19-12+. The first-order valence-electron chi connectivity index (χ1n) is 9.65. The quantitative estimate of drug-likeness (QED) is 0.329. The van der Waals surface area contributed by atoms with Crippen molar-refractivity contribution in [2.24, 2.45) is 0 Å². The molecule has 7 heteroatoms. The molecular formula is C25H21BrN2O4. The van der Waals surface area contributed by atoms with E-state index in [9.17, 15) is 10.1 Å². The number of hydrogen-bond donors (Lipinski definition) is 1. The van der Waals surface area contributed by atoms with E-state index in [4.69, 9.17) is 14.2 Å². The Morgan fingerprint density at radius 1 is 1.00 bits per heavy atom. The maximum Gasteiger partial charge on any atom is 0.262 e. The zero-order chi connectivity index (χ0) is 22.9. The molecule has 162 valence electrons. The Morgan fingerprint density at radius 2 is 1.72 bits per heavy atom. The fourth-order valence-corrected chi connectivity index (χ4v) is 3.45. The van der Waals surface area contributed by atoms with Gasteiger partial charge in [0.05, 0.1) is 30.3 Å². The lowest BCUT2D eigenvalue weighted by Gasteiger charge is -2.10. The molecule has 3 aromatic carbocycles. The normalized spacial score (nSPS) is 10.8. The minimum absolute atomic E-state index is 0.127. The monoisotopic (exact) mass is 492 g/mol. The maximum atomic E-state index is 12.1. The van der Waals surface area contributed by atoms with Crippen LogP contribution in [-0.4, -0.2) is 26.7 Å². The van der Waals surface area contributed by atoms with E-state index in [1.165, 1.54) is 0 Å². The SMILES string of the molecule is COc1ccc(/C(C#N)=C/c2ccc(OCC(=O)Nc3ccccc3)c(Br)c2)cc1OC. The van der Waals surface area contributed by atoms with Gasteiger partial charge in [-0.3, -0.25) is 4.79 Å². The molecule has 0 atom stereocenters. The van der Waals surface area contributed by atoms with Gasteiger partial charge in [0.15, 0.2) is 18.1 Å². The third-order valence-electron chi connectivity index (χ3n) is 4.50. The topological polar surface area (TPSA) is 80.6 Å². The molecule has 0 heterocycles. The third-order valence-corrected chi connectivity index (χ3v) is 5.12. The second-order valence-corrected chi connectivity index (χ2v) is 7.49. The van der Waals surface area contributed by atoms with Crippen LogP contribution in [0.4, 0.5) is 5.69 Å². The summed E-state index contributed by atoms with van der Waals surface area (Å²) in [5.41, 5.74) is 2.68. The molecule has 0 saturated heterocycles. The fraction of sp³-hybridized carbons (Fsp3) is 0.120. The molecule has 32 heavy (non-hydrogen) atoms. The van der Waals surface area contributed by atoms with Crippen LogP contribution in [0.25, 0.3) is 11.6 Å². The van der Waals surface area contributed by atoms with Gasteiger partial charge in [0.25, 0.3) is 5.91 Å². The summed E-state index contributed by atoms with van der Waals surface area (Å²) in [6.07, 6.45) is 1.76. The van der Waals surface area contributed by atoms with Crippen LogP contribution in [0.1, 0.15) is 11.1 Å². The number of ether oxygens (including phenoxy) is 3. The van der Waals surface area contributed by atoms with Gasteiger partial charge in [0.1, 0.15) is 5.75 Å². The molecule has 0 aliphatic rings. The maximum absolute atomic E-state index is 12.1. The molecule has 1 N–H and O–H groups in total. The molecule has 0 unspecified atom stereocenters. The van der Waals surface area contributed by atoms with E-state index in [2.05, 4.69) is 27.3 Å². The van der Waals surface area contributed by atoms with Gasteiger partial charge in [0, 0.05) is 5.69 Å². The molecule has 0 saturated carbocycles. The smallest absolute Gasteiger partial charge is 0.262 e. The number of benzene rings is 3. The Hall–Kier alpha value is -3.76. The van der Waals surface area contributed by atoms with Gasteiger partial charge in [-0.2, -0.15) is 5.26 Å². The van der Waals surface area contributed by atoms with Crippen molar-refractivity contribution in [2.75, 3.05) is 26.1 Å². The summed E-state index contributed by atoms with van der Waals surface area (Å²) in [4.78, 5) is 12.1. The first-order chi connectivity index (χ1) is 15.5. The number of hydrogen-bond acceptors (Lipinski definition) is 5. The number of rotatable bonds is 8. The molecule has 3 aromatic rings. The van der Waals surface area contributed by atoms with Crippen molar-refractivity contribution < 1.29 is 19.0 Å². The van der Waals surface area contributed by atoms with E-state index in [0.29, 0.717) is 38.5 Å². The van der Waals surface area contributed by atoms with Gasteiger partial charge in [-0.1, -0.05) is 24.3 Å². The van der Waals surface area contributed by atoms with Crippen molar-refractivity contribution in [2.45, 2.75) is 0 Å². The van der Waals surface area contributed by atoms with Crippen LogP contribution in [0.15, 0.2) is 71.2 Å². The summed E-state index contributed by atoms with van der Waals surface area (Å²) >= 11 is 3.47. The minimum atomic E-state index is -0.257. The van der Waals surface area contributed by atoms with Crippen molar-refractivity contribution in [3.63, 3.8) is 0 Å². The molecule has 6 nitrogen and oxygen atoms in total. The number of anilines is 1. The summed E-state index contributed by atoms with van der Waals surface area (Å²) in [7, 11) is 3.11. The highest BCUT2D eigenvalue weighted by Gasteiger charge is 2.10. The van der Waals surface area contributed by atoms with Crippen molar-refractivity contribution in [1.29, 1.82) is 5.26 Å². The van der Waals surface area contributed by atoms with Crippen molar-refractivity contribution >= 4 is 39.2 Å². The number of allylic oxidation sites excluding steroid dienone is 1. The molecule has 0 bridgehead atoms. The summed E-state index contributed by atoms with van der Waals surface area (Å²) in [6, 6.07) is 22.1. The van der Waals surface area contributed by atoms with Gasteiger partial charge in [-0.05, 0) is 75.6 Å². The second-order valence-electron chi connectivity index (χ2n) is 6.63. The molecule has 1 amide bonds. The number of methoxy groups -OCH3 is 2. The predicted molar refractivity (Wildman–Crippen MR) is 128 cm³/mol. The van der Waals surface area contributed by atoms with Gasteiger partial charge >= 0.3 is 0 Å². The summed E-state index contributed by atoms with van der Waals surface area (Å²) in [6.45, 7) is -0.127. The highest BCUT2D eigenvalue weighted by molar-refractivity contribution is 9.10. The molecule has 0 aliphatic carbocycles. The number of nitriles is 1. The molecule has 0 fully saturated rings. The first kappa shape index (κ1) is 22.9. The number of nitrogens with zero attached hydrogens (tertiary/aromatic N) is 1. The van der Waals surface area contributed by atoms with Crippen molar-refractivity contribution in [3.05, 3.63) is 82.3 Å².